The Labute approximate surface area is 661 Å². The maximum atomic E-state index is 3.94. The van der Waals surface area contributed by atoms with E-state index in [0.717, 1.165) is 0 Å². The minimum Gasteiger partial charge on any atom is -0.143 e. The molecule has 0 nitrogen and oxygen atoms in total. The molecule has 12 heteroatoms. The molecule has 0 aliphatic heterocycles. The van der Waals surface area contributed by atoms with E-state index >= 15 is 0 Å². The number of benzene rings is 8. The van der Waals surface area contributed by atoms with E-state index in [4.69, 9.17) is 0 Å². The van der Waals surface area contributed by atoms with Crippen LogP contribution in [0.2, 0.25) is 0 Å². The van der Waals surface area contributed by atoms with E-state index in [1.54, 1.807) is 0 Å². The van der Waals surface area contributed by atoms with Crippen LogP contribution in [0.15, 0.2) is 237 Å². The van der Waals surface area contributed by atoms with Crippen molar-refractivity contribution in [3.8, 4) is 39.0 Å². The van der Waals surface area contributed by atoms with Gasteiger partial charge in [-0.2, -0.15) is 0 Å². The van der Waals surface area contributed by atoms with E-state index in [1.807, 2.05) is 102 Å². The minimum absolute atomic E-state index is 0.371. The van der Waals surface area contributed by atoms with Crippen LogP contribution in [0, 0.1) is 55.4 Å². The summed E-state index contributed by atoms with van der Waals surface area (Å²) in [6.07, 6.45) is 0. The number of hydrogen-bond donors (Lipinski definition) is 0. The Hall–Kier alpha value is -7.24. The lowest BCUT2D eigenvalue weighted by Gasteiger charge is -2.33. The van der Waals surface area contributed by atoms with Crippen LogP contribution in [-0.4, -0.2) is 0 Å². The van der Waals surface area contributed by atoms with Crippen LogP contribution in [0.1, 0.15) is 134 Å². The van der Waals surface area contributed by atoms with E-state index in [9.17, 15) is 0 Å². The monoisotopic (exact) mass is 1640 g/mol. The van der Waals surface area contributed by atoms with Gasteiger partial charge in [0.25, 0.3) is 0 Å². The summed E-state index contributed by atoms with van der Waals surface area (Å²) < 4.78 is 14.0. The average molecular weight is 1650 g/mol. The van der Waals surface area contributed by atoms with E-state index in [0.29, 0.717) is 0 Å². The Morgan fingerprint density at radius 2 is 0.404 bits per heavy atom. The summed E-state index contributed by atoms with van der Waals surface area (Å²) in [5, 5.41) is 4.62. The van der Waals surface area contributed by atoms with E-state index in [1.165, 1.54) is 218 Å². The van der Waals surface area contributed by atoms with Crippen molar-refractivity contribution in [2.75, 3.05) is 0 Å². The van der Waals surface area contributed by atoms with Crippen LogP contribution in [-0.2, 0) is 21.7 Å². The zero-order valence-electron chi connectivity index (χ0n) is 57.8. The van der Waals surface area contributed by atoms with E-state index in [-0.39, 0.29) is 10.8 Å². The van der Waals surface area contributed by atoms with Gasteiger partial charge in [0.1, 0.15) is 0 Å². The van der Waals surface area contributed by atoms with Crippen LogP contribution in [0.25, 0.3) is 76.6 Å². The molecular formula is C92H62Br2S10. The lowest BCUT2D eigenvalue weighted by atomic mass is 9.68. The lowest BCUT2D eigenvalue weighted by molar-refractivity contribution is 0.778. The van der Waals surface area contributed by atoms with Crippen molar-refractivity contribution in [2.45, 2.75) is 77.0 Å². The van der Waals surface area contributed by atoms with Gasteiger partial charge < -0.3 is 0 Å². The summed E-state index contributed by atoms with van der Waals surface area (Å²) in [5.41, 5.74) is 31.0. The highest BCUT2D eigenvalue weighted by Gasteiger charge is 2.56. The van der Waals surface area contributed by atoms with Gasteiger partial charge in [0, 0.05) is 32.0 Å². The molecule has 10 aromatic heterocycles. The lowest BCUT2D eigenvalue weighted by Crippen LogP contribution is -2.28. The van der Waals surface area contributed by atoms with Crippen molar-refractivity contribution >= 4 is 183 Å². The van der Waals surface area contributed by atoms with Gasteiger partial charge in [0.05, 0.1) is 96.1 Å². The highest BCUT2D eigenvalue weighted by Crippen LogP contribution is 2.72. The molecule has 0 spiro atoms. The van der Waals surface area contributed by atoms with Gasteiger partial charge in [-0.1, -0.05) is 239 Å². The number of hydrogen-bond acceptors (Lipinski definition) is 10. The van der Waals surface area contributed by atoms with Gasteiger partial charge in [-0.05, 0) is 189 Å². The smallest absolute Gasteiger partial charge is 0.0745 e. The Kier molecular flexibility index (Phi) is 14.8. The van der Waals surface area contributed by atoms with E-state index in [2.05, 4.69) is 328 Å². The maximum Gasteiger partial charge on any atom is 0.0745 e. The first-order valence-electron chi connectivity index (χ1n) is 35.0. The molecular weight excluding hydrogens is 1590 g/mol. The molecule has 0 N–H and O–H groups in total. The topological polar surface area (TPSA) is 0 Å². The van der Waals surface area contributed by atoms with Gasteiger partial charge >= 0.3 is 0 Å². The van der Waals surface area contributed by atoms with Crippen molar-refractivity contribution in [1.82, 2.24) is 0 Å². The average Bonchev–Trinajstić information content (AvgIpc) is 1.50. The summed E-state index contributed by atoms with van der Waals surface area (Å²) in [6, 6.07) is 84.5. The first-order chi connectivity index (χ1) is 50.6. The van der Waals surface area contributed by atoms with Gasteiger partial charge in [0.2, 0.25) is 0 Å². The van der Waals surface area contributed by atoms with Gasteiger partial charge in [0.15, 0.2) is 0 Å². The van der Waals surface area contributed by atoms with Crippen molar-refractivity contribution in [3.05, 3.63) is 370 Å². The standard InChI is InChI=1S/C46H30Br2S5.C46H32S5/c1-23-5-13-27(14-6-23)45(28-15-7-24(2)8-16-28)31-21-33(47)49-37(31)39-35(45)41-43(52-39)44-42(51-41)36-40(53-44)38-32(22-34(48)50-38)46(36,29-17-9-25(3)10-18-29)30-19-11-26(4)12-20-30;1-25-5-13-29(14-6-25)45(30-15-7-26(2)8-16-30)33-21-23-47-37(33)39-35(45)41-43(50-39)44-42(49-41)36-40(51-44)38-34(22-24-48-38)46(36,31-17-9-27(3)10-18-31)32-19-11-28(4)12-20-32/h5-22H,1-4H3;5-24H,1-4H3. The molecule has 0 saturated heterocycles. The van der Waals surface area contributed by atoms with Crippen LogP contribution >= 0.6 is 145 Å². The number of aryl methyl sites for hydroxylation is 8. The van der Waals surface area contributed by atoms with E-state index < -0.39 is 10.8 Å². The van der Waals surface area contributed by atoms with Crippen molar-refractivity contribution in [2.24, 2.45) is 0 Å². The molecule has 4 aliphatic carbocycles. The summed E-state index contributed by atoms with van der Waals surface area (Å²) in [4.78, 5) is 11.4. The molecule has 0 bridgehead atoms. The quantitative estimate of drug-likeness (QED) is 0.142. The number of halogens is 2. The summed E-state index contributed by atoms with van der Waals surface area (Å²) >= 11 is 27.7. The van der Waals surface area contributed by atoms with Crippen molar-refractivity contribution in [3.63, 3.8) is 0 Å². The zero-order chi connectivity index (χ0) is 70.2. The SMILES string of the molecule is Cc1ccc(C2(c3ccc(C)cc3)c3cc(Br)sc3-c3sc4c(sc5c6c(sc54)-c4sc(Br)cc4C6(c4ccc(C)cc4)c4ccc(C)cc4)c32)cc1.Cc1ccc(C2(c3ccc(C)cc3)c3ccsc3-c3sc4c(sc5c6c(sc54)-c4sccc4C6(c4ccc(C)cc4)c4ccc(C)cc4)c32)cc1. The number of thiophene rings is 10. The van der Waals surface area contributed by atoms with Crippen molar-refractivity contribution in [1.29, 1.82) is 0 Å². The van der Waals surface area contributed by atoms with Gasteiger partial charge in [-0.25, -0.2) is 0 Å². The van der Waals surface area contributed by atoms with Crippen LogP contribution in [0.4, 0.5) is 0 Å². The molecule has 18 aromatic rings. The molecule has 0 amide bonds. The predicted octanol–water partition coefficient (Wildman–Crippen LogP) is 30.0. The molecule has 22 rings (SSSR count). The third kappa shape index (κ3) is 8.74. The third-order valence-electron chi connectivity index (χ3n) is 22.8. The van der Waals surface area contributed by atoms with Gasteiger partial charge in [-0.15, -0.1) is 113 Å². The third-order valence-corrected chi connectivity index (χ3v) is 36.6. The highest BCUT2D eigenvalue weighted by molar-refractivity contribution is 9.11. The molecule has 4 aliphatic rings. The largest absolute Gasteiger partial charge is 0.143 e. The summed E-state index contributed by atoms with van der Waals surface area (Å²) in [7, 11) is 0. The fourth-order valence-electron chi connectivity index (χ4n) is 18.1. The molecule has 0 saturated carbocycles. The highest BCUT2D eigenvalue weighted by atomic mass is 79.9. The molecule has 0 fully saturated rings. The number of rotatable bonds is 8. The van der Waals surface area contributed by atoms with Crippen LogP contribution < -0.4 is 0 Å². The van der Waals surface area contributed by atoms with Gasteiger partial charge in [-0.3, -0.25) is 0 Å². The molecule has 10 heterocycles. The molecule has 0 unspecified atom stereocenters. The first kappa shape index (κ1) is 65.1. The molecule has 0 radical (unpaired) electrons. The Morgan fingerprint density at radius 3 is 0.625 bits per heavy atom. The Balaban J connectivity index is 0.000000134. The zero-order valence-corrected chi connectivity index (χ0v) is 69.1. The first-order valence-corrected chi connectivity index (χ1v) is 44.9. The number of fused-ring (bicyclic) bond motifs is 22. The fraction of sp³-hybridized carbons (Fsp3) is 0.130. The second kappa shape index (κ2) is 23.6. The molecule has 8 aromatic carbocycles. The molecule has 0 atom stereocenters. The van der Waals surface area contributed by atoms with Crippen LogP contribution in [0.5, 0.6) is 0 Å². The second-order valence-corrected chi connectivity index (χ2v) is 41.7. The second-order valence-electron chi connectivity index (χ2n) is 28.9. The molecule has 104 heavy (non-hydrogen) atoms. The maximum absolute atomic E-state index is 3.94. The summed E-state index contributed by atoms with van der Waals surface area (Å²) in [5.74, 6) is 0. The summed E-state index contributed by atoms with van der Waals surface area (Å²) in [6.45, 7) is 17.6. The van der Waals surface area contributed by atoms with Crippen LogP contribution in [0.3, 0.4) is 0 Å². The Bertz CT molecular complexity index is 5960. The Morgan fingerprint density at radius 1 is 0.202 bits per heavy atom. The molecule has 504 valence electrons. The predicted molar refractivity (Wildman–Crippen MR) is 464 cm³/mol. The van der Waals surface area contributed by atoms with Crippen molar-refractivity contribution < 1.29 is 0 Å². The minimum atomic E-state index is -0.419. The normalized spacial score (nSPS) is 14.9. The fourth-order valence-corrected chi connectivity index (χ4v) is 33.4.